The summed E-state index contributed by atoms with van der Waals surface area (Å²) in [4.78, 5) is 0. The average Bonchev–Trinajstić information content (AvgIpc) is 2.18. The first-order chi connectivity index (χ1) is 6.67. The van der Waals surface area contributed by atoms with E-state index in [4.69, 9.17) is 27.2 Å². The molecule has 0 aliphatic rings. The van der Waals surface area contributed by atoms with Crippen molar-refractivity contribution in [1.29, 1.82) is 0 Å². The van der Waals surface area contributed by atoms with Crippen LogP contribution in [0.15, 0.2) is 18.2 Å². The van der Waals surface area contributed by atoms with E-state index in [0.29, 0.717) is 17.2 Å². The SMILES string of the molecule is COc1ccc(CC(N)CO)cc1Cl. The Morgan fingerprint density at radius 1 is 1.57 bits per heavy atom. The molecule has 1 aromatic rings. The predicted octanol–water partition coefficient (Wildman–Crippen LogP) is 1.21. The maximum Gasteiger partial charge on any atom is 0.137 e. The van der Waals surface area contributed by atoms with E-state index in [1.807, 2.05) is 6.07 Å². The largest absolute Gasteiger partial charge is 0.495 e. The molecule has 1 unspecified atom stereocenters. The molecule has 3 N–H and O–H groups in total. The first kappa shape index (κ1) is 11.3. The summed E-state index contributed by atoms with van der Waals surface area (Å²) < 4.78 is 5.02. The number of nitrogens with two attached hydrogens (primary N) is 1. The van der Waals surface area contributed by atoms with Crippen molar-refractivity contribution in [3.05, 3.63) is 28.8 Å². The van der Waals surface area contributed by atoms with Gasteiger partial charge < -0.3 is 15.6 Å². The fraction of sp³-hybridized carbons (Fsp3) is 0.400. The Morgan fingerprint density at radius 3 is 2.79 bits per heavy atom. The molecule has 0 spiro atoms. The molecular formula is C10H14ClNO2. The van der Waals surface area contributed by atoms with Gasteiger partial charge in [0.2, 0.25) is 0 Å². The summed E-state index contributed by atoms with van der Waals surface area (Å²) >= 11 is 5.93. The Bertz CT molecular complexity index is 304. The minimum atomic E-state index is -0.237. The van der Waals surface area contributed by atoms with Crippen LogP contribution in [-0.4, -0.2) is 24.9 Å². The molecule has 1 atom stereocenters. The van der Waals surface area contributed by atoms with Gasteiger partial charge in [-0.1, -0.05) is 17.7 Å². The molecule has 0 aliphatic carbocycles. The zero-order chi connectivity index (χ0) is 10.6. The second-order valence-electron chi connectivity index (χ2n) is 3.12. The quantitative estimate of drug-likeness (QED) is 0.794. The van der Waals surface area contributed by atoms with Crippen molar-refractivity contribution in [3.63, 3.8) is 0 Å². The molecule has 0 heterocycles. The summed E-state index contributed by atoms with van der Waals surface area (Å²) in [7, 11) is 1.57. The van der Waals surface area contributed by atoms with Crippen LogP contribution in [0.2, 0.25) is 5.02 Å². The summed E-state index contributed by atoms with van der Waals surface area (Å²) in [5.74, 6) is 0.646. The smallest absolute Gasteiger partial charge is 0.137 e. The molecule has 0 aliphatic heterocycles. The molecule has 3 nitrogen and oxygen atoms in total. The third-order valence-corrected chi connectivity index (χ3v) is 2.24. The second-order valence-corrected chi connectivity index (χ2v) is 3.52. The van der Waals surface area contributed by atoms with E-state index in [1.54, 1.807) is 19.2 Å². The monoisotopic (exact) mass is 215 g/mol. The van der Waals surface area contributed by atoms with Gasteiger partial charge in [-0.15, -0.1) is 0 Å². The van der Waals surface area contributed by atoms with Crippen LogP contribution in [0, 0.1) is 0 Å². The fourth-order valence-electron chi connectivity index (χ4n) is 1.20. The second kappa shape index (κ2) is 5.20. The van der Waals surface area contributed by atoms with Crippen molar-refractivity contribution in [2.75, 3.05) is 13.7 Å². The average molecular weight is 216 g/mol. The summed E-state index contributed by atoms with van der Waals surface area (Å²) in [6.45, 7) is -0.0242. The van der Waals surface area contributed by atoms with Gasteiger partial charge in [-0.05, 0) is 24.1 Å². The number of ether oxygens (including phenoxy) is 1. The van der Waals surface area contributed by atoms with E-state index in [2.05, 4.69) is 0 Å². The van der Waals surface area contributed by atoms with Gasteiger partial charge in [0.05, 0.1) is 18.7 Å². The molecule has 78 valence electrons. The molecular weight excluding hydrogens is 202 g/mol. The van der Waals surface area contributed by atoms with Crippen LogP contribution in [0.5, 0.6) is 5.75 Å². The Balaban J connectivity index is 2.76. The molecule has 0 aromatic heterocycles. The highest BCUT2D eigenvalue weighted by Crippen LogP contribution is 2.25. The van der Waals surface area contributed by atoms with Gasteiger partial charge >= 0.3 is 0 Å². The number of aliphatic hydroxyl groups is 1. The molecule has 1 aromatic carbocycles. The number of methoxy groups -OCH3 is 1. The standard InChI is InChI=1S/C10H14ClNO2/c1-14-10-3-2-7(5-9(10)11)4-8(12)6-13/h2-3,5,8,13H,4,6,12H2,1H3. The number of aliphatic hydroxyl groups excluding tert-OH is 1. The van der Waals surface area contributed by atoms with E-state index in [-0.39, 0.29) is 12.6 Å². The molecule has 0 fully saturated rings. The van der Waals surface area contributed by atoms with Crippen molar-refractivity contribution in [1.82, 2.24) is 0 Å². The van der Waals surface area contributed by atoms with Crippen LogP contribution in [0.25, 0.3) is 0 Å². The van der Waals surface area contributed by atoms with Crippen LogP contribution in [0.3, 0.4) is 0 Å². The van der Waals surface area contributed by atoms with Crippen LogP contribution in [0.1, 0.15) is 5.56 Å². The molecule has 1 rings (SSSR count). The highest BCUT2D eigenvalue weighted by Gasteiger charge is 2.05. The van der Waals surface area contributed by atoms with Gasteiger partial charge in [0, 0.05) is 6.04 Å². The maximum atomic E-state index is 8.78. The zero-order valence-electron chi connectivity index (χ0n) is 8.03. The van der Waals surface area contributed by atoms with Crippen molar-refractivity contribution < 1.29 is 9.84 Å². The summed E-state index contributed by atoms with van der Waals surface area (Å²) in [6.07, 6.45) is 0.611. The minimum Gasteiger partial charge on any atom is -0.495 e. The lowest BCUT2D eigenvalue weighted by Gasteiger charge is -2.09. The number of hydrogen-bond acceptors (Lipinski definition) is 3. The van der Waals surface area contributed by atoms with E-state index in [0.717, 1.165) is 5.56 Å². The Labute approximate surface area is 88.4 Å². The van der Waals surface area contributed by atoms with Crippen LogP contribution >= 0.6 is 11.6 Å². The van der Waals surface area contributed by atoms with Gasteiger partial charge in [-0.2, -0.15) is 0 Å². The molecule has 0 amide bonds. The first-order valence-electron chi connectivity index (χ1n) is 4.36. The first-order valence-corrected chi connectivity index (χ1v) is 4.74. The molecule has 0 bridgehead atoms. The third kappa shape index (κ3) is 2.87. The van der Waals surface area contributed by atoms with Crippen molar-refractivity contribution in [3.8, 4) is 5.75 Å². The molecule has 14 heavy (non-hydrogen) atoms. The molecule has 0 radical (unpaired) electrons. The topological polar surface area (TPSA) is 55.5 Å². The van der Waals surface area contributed by atoms with Crippen LogP contribution in [-0.2, 0) is 6.42 Å². The lowest BCUT2D eigenvalue weighted by Crippen LogP contribution is -2.26. The summed E-state index contributed by atoms with van der Waals surface area (Å²) in [5, 5.41) is 9.35. The van der Waals surface area contributed by atoms with E-state index in [1.165, 1.54) is 0 Å². The zero-order valence-corrected chi connectivity index (χ0v) is 8.79. The Hall–Kier alpha value is -0.770. The van der Waals surface area contributed by atoms with Gasteiger partial charge in [-0.25, -0.2) is 0 Å². The lowest BCUT2D eigenvalue weighted by atomic mass is 10.1. The highest BCUT2D eigenvalue weighted by molar-refractivity contribution is 6.32. The van der Waals surface area contributed by atoms with Gasteiger partial charge in [0.1, 0.15) is 5.75 Å². The van der Waals surface area contributed by atoms with Crippen molar-refractivity contribution in [2.45, 2.75) is 12.5 Å². The van der Waals surface area contributed by atoms with Crippen LogP contribution in [0.4, 0.5) is 0 Å². The molecule has 0 saturated carbocycles. The number of halogens is 1. The fourth-order valence-corrected chi connectivity index (χ4v) is 1.48. The summed E-state index contributed by atoms with van der Waals surface area (Å²) in [5.41, 5.74) is 6.60. The van der Waals surface area contributed by atoms with Crippen molar-refractivity contribution >= 4 is 11.6 Å². The predicted molar refractivity (Wildman–Crippen MR) is 56.8 cm³/mol. The number of benzene rings is 1. The maximum absolute atomic E-state index is 8.78. The van der Waals surface area contributed by atoms with Crippen molar-refractivity contribution in [2.24, 2.45) is 5.73 Å². The van der Waals surface area contributed by atoms with Crippen LogP contribution < -0.4 is 10.5 Å². The van der Waals surface area contributed by atoms with Gasteiger partial charge in [-0.3, -0.25) is 0 Å². The third-order valence-electron chi connectivity index (χ3n) is 1.95. The van der Waals surface area contributed by atoms with E-state index < -0.39 is 0 Å². The van der Waals surface area contributed by atoms with E-state index in [9.17, 15) is 0 Å². The van der Waals surface area contributed by atoms with E-state index >= 15 is 0 Å². The number of hydrogen-bond donors (Lipinski definition) is 2. The van der Waals surface area contributed by atoms with Gasteiger partial charge in [0.15, 0.2) is 0 Å². The lowest BCUT2D eigenvalue weighted by molar-refractivity contribution is 0.265. The summed E-state index contributed by atoms with van der Waals surface area (Å²) in [6, 6.07) is 5.25. The molecule has 0 saturated heterocycles. The Morgan fingerprint density at radius 2 is 2.29 bits per heavy atom. The minimum absolute atomic E-state index is 0.0242. The van der Waals surface area contributed by atoms with Gasteiger partial charge in [0.25, 0.3) is 0 Å². The highest BCUT2D eigenvalue weighted by atomic mass is 35.5. The Kier molecular flexibility index (Phi) is 4.20. The normalized spacial score (nSPS) is 12.6. The molecule has 4 heteroatoms. The number of rotatable bonds is 4.